The number of carbonyl (C=O) groups is 2. The lowest BCUT2D eigenvalue weighted by atomic mass is 9.87. The number of amides is 2. The number of hydrogen-bond acceptors (Lipinski definition) is 3. The van der Waals surface area contributed by atoms with Crippen LogP contribution in [0.15, 0.2) is 24.3 Å². The van der Waals surface area contributed by atoms with Crippen LogP contribution in [0.2, 0.25) is 0 Å². The summed E-state index contributed by atoms with van der Waals surface area (Å²) in [5.41, 5.74) is 3.21. The topological polar surface area (TPSA) is 76.0 Å². The molecule has 0 fully saturated rings. The Morgan fingerprint density at radius 2 is 1.79 bits per heavy atom. The Morgan fingerprint density at radius 3 is 2.41 bits per heavy atom. The molecule has 0 radical (unpaired) electrons. The first-order valence-corrected chi connectivity index (χ1v) is 10.5. The van der Waals surface area contributed by atoms with E-state index in [9.17, 15) is 9.59 Å². The maximum Gasteiger partial charge on any atom is 0.287 e. The lowest BCUT2D eigenvalue weighted by molar-refractivity contribution is 0.0933. The molecule has 2 N–H and O–H groups in total. The third-order valence-electron chi connectivity index (χ3n) is 5.22. The molecule has 1 aliphatic rings. The summed E-state index contributed by atoms with van der Waals surface area (Å²) in [4.78, 5) is 30.0. The van der Waals surface area contributed by atoms with Gasteiger partial charge in [0.2, 0.25) is 0 Å². The second kappa shape index (κ2) is 8.39. The number of imidazole rings is 1. The average Bonchev–Trinajstić information content (AvgIpc) is 3.06. The largest absolute Gasteiger partial charge is 0.349 e. The molecule has 29 heavy (non-hydrogen) atoms. The predicted molar refractivity (Wildman–Crippen MR) is 115 cm³/mol. The Morgan fingerprint density at radius 1 is 1.10 bits per heavy atom. The van der Waals surface area contributed by atoms with E-state index in [4.69, 9.17) is 0 Å². The van der Waals surface area contributed by atoms with Gasteiger partial charge in [0, 0.05) is 18.8 Å². The van der Waals surface area contributed by atoms with Gasteiger partial charge in [0.1, 0.15) is 0 Å². The maximum absolute atomic E-state index is 13.0. The summed E-state index contributed by atoms with van der Waals surface area (Å²) in [6.45, 7) is 11.9. The summed E-state index contributed by atoms with van der Waals surface area (Å²) in [6.07, 6.45) is 2.75. The Balaban J connectivity index is 1.82. The van der Waals surface area contributed by atoms with Crippen molar-refractivity contribution < 1.29 is 9.59 Å². The smallest absolute Gasteiger partial charge is 0.287 e. The van der Waals surface area contributed by atoms with Crippen molar-refractivity contribution in [2.75, 3.05) is 11.9 Å². The van der Waals surface area contributed by atoms with Gasteiger partial charge in [0.05, 0.1) is 5.69 Å². The molecule has 6 nitrogen and oxygen atoms in total. The molecule has 2 heterocycles. The number of nitrogens with zero attached hydrogens (tertiary/aromatic N) is 2. The summed E-state index contributed by atoms with van der Waals surface area (Å²) in [5, 5.41) is 5.86. The second-order valence-electron chi connectivity index (χ2n) is 9.22. The number of hydrogen-bond donors (Lipinski definition) is 2. The third kappa shape index (κ3) is 4.86. The molecule has 1 aromatic carbocycles. The molecular weight excluding hydrogens is 364 g/mol. The van der Waals surface area contributed by atoms with Gasteiger partial charge in [-0.3, -0.25) is 9.59 Å². The quantitative estimate of drug-likeness (QED) is 0.797. The van der Waals surface area contributed by atoms with Crippen LogP contribution in [0.1, 0.15) is 79.8 Å². The van der Waals surface area contributed by atoms with E-state index in [0.29, 0.717) is 24.0 Å². The van der Waals surface area contributed by atoms with Gasteiger partial charge in [-0.1, -0.05) is 46.8 Å². The zero-order valence-corrected chi connectivity index (χ0v) is 18.1. The number of rotatable bonds is 5. The van der Waals surface area contributed by atoms with Crippen LogP contribution in [-0.4, -0.2) is 27.9 Å². The molecule has 6 heteroatoms. The maximum atomic E-state index is 13.0. The SMILES string of the molecule is CC(C)CNC(=O)c1nc(C(=O)Nc2ccc(C(C)(C)C)cc2)c2n1CCCC2. The fourth-order valence-electron chi connectivity index (χ4n) is 3.52. The molecule has 156 valence electrons. The number of fused-ring (bicyclic) bond motifs is 1. The molecule has 0 bridgehead atoms. The van der Waals surface area contributed by atoms with Gasteiger partial charge in [-0.15, -0.1) is 0 Å². The van der Waals surface area contributed by atoms with Crippen LogP contribution in [0.5, 0.6) is 0 Å². The minimum Gasteiger partial charge on any atom is -0.349 e. The molecule has 1 aliphatic heterocycles. The number of anilines is 1. The molecule has 0 atom stereocenters. The summed E-state index contributed by atoms with van der Waals surface area (Å²) in [5.74, 6) is 0.222. The lowest BCUT2D eigenvalue weighted by Crippen LogP contribution is -2.30. The third-order valence-corrected chi connectivity index (χ3v) is 5.22. The minimum absolute atomic E-state index is 0.0593. The lowest BCUT2D eigenvalue weighted by Gasteiger charge is -2.19. The fourth-order valence-corrected chi connectivity index (χ4v) is 3.52. The highest BCUT2D eigenvalue weighted by molar-refractivity contribution is 6.05. The fraction of sp³-hybridized carbons (Fsp3) is 0.522. The molecule has 0 aliphatic carbocycles. The standard InChI is InChI=1S/C23H32N4O2/c1-15(2)14-24-22(29)20-26-19(18-8-6-7-13-27(18)20)21(28)25-17-11-9-16(10-12-17)23(3,4)5/h9-12,15H,6-8,13-14H2,1-5H3,(H,24,29)(H,25,28). The Bertz CT molecular complexity index is 889. The molecule has 2 aromatic rings. The van der Waals surface area contributed by atoms with Gasteiger partial charge >= 0.3 is 0 Å². The van der Waals surface area contributed by atoms with Crippen LogP contribution in [0.25, 0.3) is 0 Å². The van der Waals surface area contributed by atoms with E-state index >= 15 is 0 Å². The molecule has 0 saturated heterocycles. The summed E-state index contributed by atoms with van der Waals surface area (Å²) < 4.78 is 1.91. The van der Waals surface area contributed by atoms with Crippen molar-refractivity contribution in [3.63, 3.8) is 0 Å². The van der Waals surface area contributed by atoms with E-state index in [1.165, 1.54) is 5.56 Å². The molecule has 0 spiro atoms. The molecule has 2 amide bonds. The highest BCUT2D eigenvalue weighted by Gasteiger charge is 2.27. The summed E-state index contributed by atoms with van der Waals surface area (Å²) >= 11 is 0. The zero-order valence-electron chi connectivity index (χ0n) is 18.1. The molecular formula is C23H32N4O2. The van der Waals surface area contributed by atoms with Crippen molar-refractivity contribution in [2.24, 2.45) is 5.92 Å². The van der Waals surface area contributed by atoms with Gasteiger partial charge < -0.3 is 15.2 Å². The van der Waals surface area contributed by atoms with E-state index in [1.54, 1.807) is 0 Å². The monoisotopic (exact) mass is 396 g/mol. The Hall–Kier alpha value is -2.63. The zero-order chi connectivity index (χ0) is 21.2. The Kier molecular flexibility index (Phi) is 6.10. The minimum atomic E-state index is -0.262. The van der Waals surface area contributed by atoms with E-state index in [-0.39, 0.29) is 17.2 Å². The van der Waals surface area contributed by atoms with Crippen LogP contribution in [0.3, 0.4) is 0 Å². The number of nitrogens with one attached hydrogen (secondary N) is 2. The first kappa shape index (κ1) is 21.1. The van der Waals surface area contributed by atoms with Crippen LogP contribution in [-0.2, 0) is 18.4 Å². The van der Waals surface area contributed by atoms with E-state index in [0.717, 1.165) is 37.2 Å². The van der Waals surface area contributed by atoms with E-state index < -0.39 is 0 Å². The predicted octanol–water partition coefficient (Wildman–Crippen LogP) is 4.16. The van der Waals surface area contributed by atoms with Crippen molar-refractivity contribution in [3.05, 3.63) is 47.0 Å². The van der Waals surface area contributed by atoms with Crippen LogP contribution in [0, 0.1) is 5.92 Å². The van der Waals surface area contributed by atoms with E-state index in [1.807, 2.05) is 42.7 Å². The molecule has 0 unspecified atom stereocenters. The molecule has 0 saturated carbocycles. The molecule has 3 rings (SSSR count). The van der Waals surface area contributed by atoms with Crippen molar-refractivity contribution in [3.8, 4) is 0 Å². The van der Waals surface area contributed by atoms with Crippen molar-refractivity contribution in [2.45, 2.75) is 65.8 Å². The van der Waals surface area contributed by atoms with Crippen LogP contribution >= 0.6 is 0 Å². The van der Waals surface area contributed by atoms with Crippen molar-refractivity contribution in [1.29, 1.82) is 0 Å². The highest BCUT2D eigenvalue weighted by Crippen LogP contribution is 2.25. The van der Waals surface area contributed by atoms with Gasteiger partial charge in [-0.2, -0.15) is 0 Å². The van der Waals surface area contributed by atoms with Crippen molar-refractivity contribution >= 4 is 17.5 Å². The normalized spacial score (nSPS) is 13.9. The Labute approximate surface area is 173 Å². The summed E-state index contributed by atoms with van der Waals surface area (Å²) in [6, 6.07) is 7.89. The van der Waals surface area contributed by atoms with Gasteiger partial charge in [-0.25, -0.2) is 4.98 Å². The van der Waals surface area contributed by atoms with Gasteiger partial charge in [0.25, 0.3) is 11.8 Å². The first-order valence-electron chi connectivity index (χ1n) is 10.5. The first-order chi connectivity index (χ1) is 13.7. The van der Waals surface area contributed by atoms with Gasteiger partial charge in [-0.05, 0) is 48.3 Å². The van der Waals surface area contributed by atoms with Crippen LogP contribution < -0.4 is 10.6 Å². The van der Waals surface area contributed by atoms with Crippen molar-refractivity contribution in [1.82, 2.24) is 14.9 Å². The second-order valence-corrected chi connectivity index (χ2v) is 9.22. The number of benzene rings is 1. The molecule has 1 aromatic heterocycles. The highest BCUT2D eigenvalue weighted by atomic mass is 16.2. The van der Waals surface area contributed by atoms with Gasteiger partial charge in [0.15, 0.2) is 11.5 Å². The van der Waals surface area contributed by atoms with Crippen LogP contribution in [0.4, 0.5) is 5.69 Å². The van der Waals surface area contributed by atoms with E-state index in [2.05, 4.69) is 36.4 Å². The average molecular weight is 397 g/mol. The number of carbonyl (C=O) groups excluding carboxylic acids is 2. The number of aromatic nitrogens is 2. The summed E-state index contributed by atoms with van der Waals surface area (Å²) in [7, 11) is 0.